The number of para-hydroxylation sites is 1. The molecule has 0 bridgehead atoms. The maximum atomic E-state index is 6.20. The molecule has 0 aromatic heterocycles. The van der Waals surface area contributed by atoms with Crippen molar-refractivity contribution in [3.05, 3.63) is 62.6 Å². The molecule has 0 aliphatic rings. The Morgan fingerprint density at radius 1 is 1.10 bits per heavy atom. The van der Waals surface area contributed by atoms with Gasteiger partial charge >= 0.3 is 0 Å². The van der Waals surface area contributed by atoms with Gasteiger partial charge in [-0.25, -0.2) is 0 Å². The monoisotopic (exact) mass is 341 g/mol. The van der Waals surface area contributed by atoms with Crippen LogP contribution in [-0.2, 0) is 0 Å². The first-order chi connectivity index (χ1) is 10.0. The minimum Gasteiger partial charge on any atom is -0.496 e. The molecule has 0 spiro atoms. The zero-order valence-electron chi connectivity index (χ0n) is 11.6. The van der Waals surface area contributed by atoms with Crippen molar-refractivity contribution in [2.75, 3.05) is 7.11 Å². The van der Waals surface area contributed by atoms with Gasteiger partial charge in [-0.2, -0.15) is 0 Å². The number of methoxy groups -OCH3 is 1. The number of rotatable bonds is 4. The topological polar surface area (TPSA) is 21.6 Å². The van der Waals surface area contributed by atoms with Crippen molar-refractivity contribution in [3.63, 3.8) is 0 Å². The molecule has 0 radical (unpaired) electrons. The van der Waals surface area contributed by atoms with Crippen molar-refractivity contribution in [1.82, 2.24) is 0 Å². The number of aliphatic imine (C=N–C) groups is 1. The van der Waals surface area contributed by atoms with Crippen LogP contribution in [0, 0.1) is 0 Å². The van der Waals surface area contributed by atoms with E-state index in [0.717, 1.165) is 16.9 Å². The number of hydrogen-bond donors (Lipinski definition) is 0. The van der Waals surface area contributed by atoms with Crippen LogP contribution in [0.1, 0.15) is 24.1 Å². The van der Waals surface area contributed by atoms with Gasteiger partial charge in [0.25, 0.3) is 0 Å². The summed E-state index contributed by atoms with van der Waals surface area (Å²) in [5.74, 6) is 0.766. The summed E-state index contributed by atoms with van der Waals surface area (Å²) in [7, 11) is 1.63. The van der Waals surface area contributed by atoms with E-state index < -0.39 is 0 Å². The number of ether oxygens (including phenoxy) is 1. The molecule has 0 amide bonds. The highest BCUT2D eigenvalue weighted by atomic mass is 35.5. The van der Waals surface area contributed by atoms with Crippen molar-refractivity contribution >= 4 is 41.0 Å². The Bertz CT molecular complexity index is 647. The van der Waals surface area contributed by atoms with E-state index in [1.54, 1.807) is 25.5 Å². The van der Waals surface area contributed by atoms with Crippen LogP contribution >= 0.6 is 34.8 Å². The standard InChI is InChI=1S/C16H14Cl3NO/c1-10(16-13(18)7-12(17)8-14(16)19)20-9-11-5-3-4-6-15(11)21-2/h3-10H,1-2H3/b20-9-. The van der Waals surface area contributed by atoms with Gasteiger partial charge in [-0.1, -0.05) is 46.9 Å². The van der Waals surface area contributed by atoms with Crippen LogP contribution in [-0.4, -0.2) is 13.3 Å². The molecule has 2 nitrogen and oxygen atoms in total. The quantitative estimate of drug-likeness (QED) is 0.640. The second-order valence-corrected chi connectivity index (χ2v) is 5.73. The van der Waals surface area contributed by atoms with Crippen LogP contribution in [0.4, 0.5) is 0 Å². The fourth-order valence-corrected chi connectivity index (χ4v) is 3.12. The summed E-state index contributed by atoms with van der Waals surface area (Å²) < 4.78 is 5.29. The van der Waals surface area contributed by atoms with Crippen molar-refractivity contribution in [2.24, 2.45) is 4.99 Å². The molecule has 21 heavy (non-hydrogen) atoms. The van der Waals surface area contributed by atoms with Crippen LogP contribution in [0.15, 0.2) is 41.4 Å². The summed E-state index contributed by atoms with van der Waals surface area (Å²) in [6, 6.07) is 10.8. The lowest BCUT2D eigenvalue weighted by atomic mass is 10.1. The Morgan fingerprint density at radius 2 is 1.71 bits per heavy atom. The van der Waals surface area contributed by atoms with Crippen LogP contribution in [0.25, 0.3) is 0 Å². The van der Waals surface area contributed by atoms with Crippen molar-refractivity contribution in [2.45, 2.75) is 13.0 Å². The van der Waals surface area contributed by atoms with E-state index in [1.165, 1.54) is 0 Å². The van der Waals surface area contributed by atoms with E-state index in [1.807, 2.05) is 31.2 Å². The average molecular weight is 343 g/mol. The summed E-state index contributed by atoms with van der Waals surface area (Å²) in [5, 5.41) is 1.53. The minimum atomic E-state index is -0.188. The van der Waals surface area contributed by atoms with Crippen LogP contribution in [0.2, 0.25) is 15.1 Å². The molecular formula is C16H14Cl3NO. The normalized spacial score (nSPS) is 12.6. The summed E-state index contributed by atoms with van der Waals surface area (Å²) in [4.78, 5) is 4.51. The lowest BCUT2D eigenvalue weighted by molar-refractivity contribution is 0.414. The Labute approximate surface area is 139 Å². The van der Waals surface area contributed by atoms with E-state index in [2.05, 4.69) is 4.99 Å². The summed E-state index contributed by atoms with van der Waals surface area (Å²) >= 11 is 18.3. The third-order valence-corrected chi connectivity index (χ3v) is 3.88. The molecule has 0 fully saturated rings. The van der Waals surface area contributed by atoms with E-state index >= 15 is 0 Å². The smallest absolute Gasteiger partial charge is 0.127 e. The lowest BCUT2D eigenvalue weighted by Crippen LogP contribution is -1.96. The molecule has 2 rings (SSSR count). The first kappa shape index (κ1) is 16.2. The largest absolute Gasteiger partial charge is 0.496 e. The lowest BCUT2D eigenvalue weighted by Gasteiger charge is -2.12. The van der Waals surface area contributed by atoms with Crippen molar-refractivity contribution < 1.29 is 4.74 Å². The van der Waals surface area contributed by atoms with E-state index in [9.17, 15) is 0 Å². The highest BCUT2D eigenvalue weighted by molar-refractivity contribution is 6.39. The fourth-order valence-electron chi connectivity index (χ4n) is 1.99. The van der Waals surface area contributed by atoms with Crippen molar-refractivity contribution in [3.8, 4) is 5.75 Å². The second kappa shape index (κ2) is 7.17. The number of halogens is 3. The van der Waals surface area contributed by atoms with Gasteiger partial charge in [0.05, 0.1) is 13.2 Å². The van der Waals surface area contributed by atoms with Gasteiger partial charge in [-0.3, -0.25) is 4.99 Å². The molecule has 110 valence electrons. The predicted octanol–water partition coefficient (Wildman–Crippen LogP) is 5.84. The maximum absolute atomic E-state index is 6.20. The average Bonchev–Trinajstić information content (AvgIpc) is 2.44. The van der Waals surface area contributed by atoms with Gasteiger partial charge in [0.2, 0.25) is 0 Å². The molecule has 5 heteroatoms. The Balaban J connectivity index is 2.30. The van der Waals surface area contributed by atoms with Crippen LogP contribution in [0.3, 0.4) is 0 Å². The molecule has 0 saturated carbocycles. The molecule has 0 aliphatic heterocycles. The van der Waals surface area contributed by atoms with Gasteiger partial charge in [0, 0.05) is 32.4 Å². The molecule has 1 atom stereocenters. The van der Waals surface area contributed by atoms with E-state index in [4.69, 9.17) is 39.5 Å². The van der Waals surface area contributed by atoms with Gasteiger partial charge < -0.3 is 4.74 Å². The zero-order valence-corrected chi connectivity index (χ0v) is 13.9. The highest BCUT2D eigenvalue weighted by Crippen LogP contribution is 2.35. The fraction of sp³-hybridized carbons (Fsp3) is 0.188. The number of hydrogen-bond acceptors (Lipinski definition) is 2. The zero-order chi connectivity index (χ0) is 15.4. The molecule has 2 aromatic carbocycles. The van der Waals surface area contributed by atoms with Gasteiger partial charge in [-0.15, -0.1) is 0 Å². The molecular weight excluding hydrogens is 329 g/mol. The minimum absolute atomic E-state index is 0.188. The van der Waals surface area contributed by atoms with Gasteiger partial charge in [-0.05, 0) is 31.2 Å². The maximum Gasteiger partial charge on any atom is 0.127 e. The summed E-state index contributed by atoms with van der Waals surface area (Å²) in [6.45, 7) is 1.92. The molecule has 0 aliphatic carbocycles. The van der Waals surface area contributed by atoms with E-state index in [-0.39, 0.29) is 6.04 Å². The van der Waals surface area contributed by atoms with Crippen LogP contribution in [0.5, 0.6) is 5.75 Å². The summed E-state index contributed by atoms with van der Waals surface area (Å²) in [6.07, 6.45) is 1.75. The van der Waals surface area contributed by atoms with Crippen molar-refractivity contribution in [1.29, 1.82) is 0 Å². The third kappa shape index (κ3) is 3.91. The SMILES string of the molecule is COc1ccccc1/C=N\C(C)c1c(Cl)cc(Cl)cc1Cl. The molecule has 1 unspecified atom stereocenters. The Hall–Kier alpha value is -1.22. The van der Waals surface area contributed by atoms with Crippen LogP contribution < -0.4 is 4.74 Å². The number of benzene rings is 2. The van der Waals surface area contributed by atoms with Gasteiger partial charge in [0.15, 0.2) is 0 Å². The Kier molecular flexibility index (Phi) is 5.51. The highest BCUT2D eigenvalue weighted by Gasteiger charge is 2.13. The second-order valence-electron chi connectivity index (χ2n) is 4.48. The molecule has 0 heterocycles. The predicted molar refractivity (Wildman–Crippen MR) is 90.5 cm³/mol. The summed E-state index contributed by atoms with van der Waals surface area (Å²) in [5.41, 5.74) is 1.65. The third-order valence-electron chi connectivity index (χ3n) is 3.04. The Morgan fingerprint density at radius 3 is 2.33 bits per heavy atom. The van der Waals surface area contributed by atoms with Gasteiger partial charge in [0.1, 0.15) is 5.75 Å². The molecule has 0 N–H and O–H groups in total. The molecule has 0 saturated heterocycles. The first-order valence-electron chi connectivity index (χ1n) is 6.33. The van der Waals surface area contributed by atoms with E-state index in [0.29, 0.717) is 15.1 Å². The number of nitrogens with zero attached hydrogens (tertiary/aromatic N) is 1. The molecule has 2 aromatic rings. The first-order valence-corrected chi connectivity index (χ1v) is 7.47.